The Morgan fingerprint density at radius 2 is 1.96 bits per heavy atom. The van der Waals surface area contributed by atoms with Gasteiger partial charge in [-0.3, -0.25) is 4.90 Å². The average molecular weight is 401 g/mol. The lowest BCUT2D eigenvalue weighted by molar-refractivity contribution is 0.187. The Morgan fingerprint density at radius 3 is 2.71 bits per heavy atom. The van der Waals surface area contributed by atoms with Gasteiger partial charge < -0.3 is 21.3 Å². The summed E-state index contributed by atoms with van der Waals surface area (Å²) in [5, 5.41) is 22.9. The minimum Gasteiger partial charge on any atom is -0.395 e. The second-order valence-corrected chi connectivity index (χ2v) is 6.32. The van der Waals surface area contributed by atoms with Gasteiger partial charge >= 0.3 is 0 Å². The number of nitrogens with zero attached hydrogens (tertiary/aromatic N) is 4. The van der Waals surface area contributed by atoms with Crippen LogP contribution in [0.5, 0.6) is 0 Å². The van der Waals surface area contributed by atoms with E-state index in [1.165, 1.54) is 4.90 Å². The minimum atomic E-state index is -1.02. The van der Waals surface area contributed by atoms with Crippen LogP contribution in [-0.4, -0.2) is 51.1 Å². The van der Waals surface area contributed by atoms with Crippen molar-refractivity contribution in [1.29, 1.82) is 0 Å². The van der Waals surface area contributed by atoms with E-state index >= 15 is 0 Å². The Bertz CT molecular complexity index is 926. The summed E-state index contributed by atoms with van der Waals surface area (Å²) < 4.78 is 0. The fourth-order valence-electron chi connectivity index (χ4n) is 2.65. The van der Waals surface area contributed by atoms with Crippen molar-refractivity contribution >= 4 is 29.1 Å². The van der Waals surface area contributed by atoms with Gasteiger partial charge in [0.25, 0.3) is 0 Å². The van der Waals surface area contributed by atoms with Crippen molar-refractivity contribution in [3.63, 3.8) is 0 Å². The Labute approximate surface area is 167 Å². The van der Waals surface area contributed by atoms with Crippen molar-refractivity contribution in [2.24, 2.45) is 5.73 Å². The zero-order valence-corrected chi connectivity index (χ0v) is 15.8. The van der Waals surface area contributed by atoms with Gasteiger partial charge in [-0.2, -0.15) is 0 Å². The van der Waals surface area contributed by atoms with Crippen molar-refractivity contribution in [1.82, 2.24) is 15.0 Å². The number of aliphatic hydroxyl groups is 2. The van der Waals surface area contributed by atoms with Gasteiger partial charge in [-0.15, -0.1) is 0 Å². The van der Waals surface area contributed by atoms with E-state index in [1.54, 1.807) is 42.7 Å². The zero-order chi connectivity index (χ0) is 19.9. The molecule has 28 heavy (non-hydrogen) atoms. The van der Waals surface area contributed by atoms with Crippen molar-refractivity contribution in [3.8, 4) is 11.3 Å². The Hall–Kier alpha value is -2.78. The summed E-state index contributed by atoms with van der Waals surface area (Å²) >= 11 is 6.10. The van der Waals surface area contributed by atoms with Crippen LogP contribution in [0.25, 0.3) is 11.3 Å². The van der Waals surface area contributed by atoms with Crippen LogP contribution in [0, 0.1) is 0 Å². The molecule has 0 radical (unpaired) electrons. The lowest BCUT2D eigenvalue weighted by Crippen LogP contribution is -2.38. The maximum atomic E-state index is 10.5. The highest BCUT2D eigenvalue weighted by Gasteiger charge is 2.20. The van der Waals surface area contributed by atoms with E-state index in [1.807, 2.05) is 12.1 Å². The molecule has 5 N–H and O–H groups in total. The fourth-order valence-corrected chi connectivity index (χ4v) is 2.83. The summed E-state index contributed by atoms with van der Waals surface area (Å²) in [6, 6.07) is 12.4. The highest BCUT2D eigenvalue weighted by atomic mass is 35.5. The number of rotatable bonds is 8. The largest absolute Gasteiger partial charge is 0.395 e. The lowest BCUT2D eigenvalue weighted by atomic mass is 10.2. The zero-order valence-electron chi connectivity index (χ0n) is 15.0. The third-order valence-corrected chi connectivity index (χ3v) is 4.16. The predicted octanol–water partition coefficient (Wildman–Crippen LogP) is 2.01. The molecule has 0 aliphatic rings. The first-order valence-corrected chi connectivity index (χ1v) is 9.07. The van der Waals surface area contributed by atoms with Crippen LogP contribution < -0.4 is 16.0 Å². The Kier molecular flexibility index (Phi) is 6.72. The topological polar surface area (TPSA) is 120 Å². The third kappa shape index (κ3) is 4.73. The molecular formula is C19H21ClN6O2. The van der Waals surface area contributed by atoms with Crippen molar-refractivity contribution < 1.29 is 10.2 Å². The SMILES string of the molecule is NCC(O)N(c1cccc(Cl)c1)c1nccc(-c2ccnc(NCCO)c2)n1. The van der Waals surface area contributed by atoms with Gasteiger partial charge in [0.15, 0.2) is 0 Å². The van der Waals surface area contributed by atoms with Crippen molar-refractivity contribution in [3.05, 3.63) is 59.9 Å². The smallest absolute Gasteiger partial charge is 0.232 e. The predicted molar refractivity (Wildman–Crippen MR) is 109 cm³/mol. The Morgan fingerprint density at radius 1 is 1.14 bits per heavy atom. The molecule has 0 fully saturated rings. The number of aromatic nitrogens is 3. The van der Waals surface area contributed by atoms with E-state index in [9.17, 15) is 5.11 Å². The number of halogens is 1. The van der Waals surface area contributed by atoms with Crippen molar-refractivity contribution in [2.45, 2.75) is 6.23 Å². The molecule has 0 aliphatic heterocycles. The van der Waals surface area contributed by atoms with Crippen LogP contribution in [0.15, 0.2) is 54.9 Å². The van der Waals surface area contributed by atoms with Gasteiger partial charge in [0, 0.05) is 41.8 Å². The van der Waals surface area contributed by atoms with Gasteiger partial charge in [0.1, 0.15) is 12.0 Å². The molecule has 3 aromatic rings. The normalized spacial score (nSPS) is 11.9. The molecule has 9 heteroatoms. The first kappa shape index (κ1) is 20.0. The number of nitrogens with two attached hydrogens (primary N) is 1. The van der Waals surface area contributed by atoms with E-state index in [2.05, 4.69) is 20.3 Å². The molecule has 0 saturated heterocycles. The van der Waals surface area contributed by atoms with Crippen LogP contribution in [0.1, 0.15) is 0 Å². The molecule has 146 valence electrons. The number of aliphatic hydroxyl groups excluding tert-OH is 2. The molecule has 0 saturated carbocycles. The molecule has 0 aliphatic carbocycles. The summed E-state index contributed by atoms with van der Waals surface area (Å²) in [5.41, 5.74) is 7.77. The second-order valence-electron chi connectivity index (χ2n) is 5.89. The monoisotopic (exact) mass is 400 g/mol. The lowest BCUT2D eigenvalue weighted by Gasteiger charge is -2.27. The molecule has 8 nitrogen and oxygen atoms in total. The van der Waals surface area contributed by atoms with Crippen LogP contribution in [0.3, 0.4) is 0 Å². The highest BCUT2D eigenvalue weighted by molar-refractivity contribution is 6.30. The van der Waals surface area contributed by atoms with Crippen molar-refractivity contribution in [2.75, 3.05) is 29.9 Å². The molecule has 3 rings (SSSR count). The molecule has 0 spiro atoms. The first-order valence-electron chi connectivity index (χ1n) is 8.69. The van der Waals surface area contributed by atoms with Gasteiger partial charge in [-0.25, -0.2) is 15.0 Å². The molecule has 1 aromatic carbocycles. The van der Waals surface area contributed by atoms with Gasteiger partial charge in [-0.1, -0.05) is 17.7 Å². The Balaban J connectivity index is 1.98. The summed E-state index contributed by atoms with van der Waals surface area (Å²) in [6.45, 7) is 0.399. The number of nitrogens with one attached hydrogen (secondary N) is 1. The van der Waals surface area contributed by atoms with Crippen LogP contribution >= 0.6 is 11.6 Å². The number of pyridine rings is 1. The summed E-state index contributed by atoms with van der Waals surface area (Å²) in [5.74, 6) is 0.916. The van der Waals surface area contributed by atoms with Gasteiger partial charge in [0.2, 0.25) is 5.95 Å². The van der Waals surface area contributed by atoms with E-state index < -0.39 is 6.23 Å². The second kappa shape index (κ2) is 9.43. The molecule has 1 atom stereocenters. The number of anilines is 3. The molecule has 2 aromatic heterocycles. The number of hydrogen-bond donors (Lipinski definition) is 4. The molecular weight excluding hydrogens is 380 g/mol. The standard InChI is InChI=1S/C19H21ClN6O2/c20-14-2-1-3-15(11-14)26(18(28)12-21)19-24-7-5-16(25-19)13-4-6-22-17(10-13)23-8-9-27/h1-7,10-11,18,27-28H,8-9,12,21H2,(H,22,23). The first-order chi connectivity index (χ1) is 13.6. The van der Waals surface area contributed by atoms with Gasteiger partial charge in [-0.05, 0) is 36.4 Å². The number of hydrogen-bond acceptors (Lipinski definition) is 8. The fraction of sp³-hybridized carbons (Fsp3) is 0.211. The van der Waals surface area contributed by atoms with Crippen LogP contribution in [0.4, 0.5) is 17.5 Å². The molecule has 0 amide bonds. The quantitative estimate of drug-likeness (QED) is 0.424. The average Bonchev–Trinajstić information content (AvgIpc) is 2.73. The number of benzene rings is 1. The van der Waals surface area contributed by atoms with E-state index in [-0.39, 0.29) is 13.2 Å². The summed E-state index contributed by atoms with van der Waals surface area (Å²) in [7, 11) is 0. The van der Waals surface area contributed by atoms with E-state index in [0.29, 0.717) is 34.7 Å². The van der Waals surface area contributed by atoms with E-state index in [0.717, 1.165) is 5.56 Å². The third-order valence-electron chi connectivity index (χ3n) is 3.93. The minimum absolute atomic E-state index is 0.00906. The summed E-state index contributed by atoms with van der Waals surface area (Å²) in [4.78, 5) is 14.6. The van der Waals surface area contributed by atoms with E-state index in [4.69, 9.17) is 22.4 Å². The van der Waals surface area contributed by atoms with Gasteiger partial charge in [0.05, 0.1) is 12.3 Å². The maximum Gasteiger partial charge on any atom is 0.232 e. The molecule has 2 heterocycles. The maximum absolute atomic E-state index is 10.5. The van der Waals surface area contributed by atoms with Crippen LogP contribution in [0.2, 0.25) is 5.02 Å². The van der Waals surface area contributed by atoms with Crippen LogP contribution in [-0.2, 0) is 0 Å². The highest BCUT2D eigenvalue weighted by Crippen LogP contribution is 2.28. The molecule has 0 bridgehead atoms. The summed E-state index contributed by atoms with van der Waals surface area (Å²) in [6.07, 6.45) is 2.24. The molecule has 1 unspecified atom stereocenters.